The number of aliphatic hydroxyl groups excluding tert-OH is 1. The van der Waals surface area contributed by atoms with Crippen LogP contribution in [0.25, 0.3) is 0 Å². The predicted molar refractivity (Wildman–Crippen MR) is 64.7 cm³/mol. The van der Waals surface area contributed by atoms with Gasteiger partial charge in [0.05, 0.1) is 4.08 Å². The number of hydrogen-bond donors (Lipinski definition) is 1. The van der Waals surface area contributed by atoms with E-state index in [1.54, 1.807) is 0 Å². The fourth-order valence-electron chi connectivity index (χ4n) is 1.63. The molecule has 1 unspecified atom stereocenters. The van der Waals surface area contributed by atoms with E-state index in [0.717, 1.165) is 17.1 Å². The zero-order chi connectivity index (χ0) is 10.0. The van der Waals surface area contributed by atoms with Gasteiger partial charge in [0.1, 0.15) is 6.10 Å². The third-order valence-corrected chi connectivity index (χ3v) is 5.85. The summed E-state index contributed by atoms with van der Waals surface area (Å²) >= 11 is 3.72. The quantitative estimate of drug-likeness (QED) is 0.837. The molecule has 1 aliphatic heterocycles. The van der Waals surface area contributed by atoms with Crippen LogP contribution in [-0.4, -0.2) is 20.7 Å². The highest BCUT2D eigenvalue weighted by atomic mass is 32.2. The highest BCUT2D eigenvalue weighted by Crippen LogP contribution is 2.51. The first-order valence-electron chi connectivity index (χ1n) is 4.73. The Morgan fingerprint density at radius 1 is 1.21 bits per heavy atom. The first kappa shape index (κ1) is 10.4. The van der Waals surface area contributed by atoms with E-state index in [0.29, 0.717) is 0 Å². The Morgan fingerprint density at radius 3 is 2.36 bits per heavy atom. The van der Waals surface area contributed by atoms with Crippen molar-refractivity contribution in [3.63, 3.8) is 0 Å². The minimum absolute atomic E-state index is 0.0542. The molecule has 1 heterocycles. The number of thioether (sulfide) groups is 2. The van der Waals surface area contributed by atoms with Gasteiger partial charge in [0, 0.05) is 11.5 Å². The molecule has 1 aromatic rings. The van der Waals surface area contributed by atoms with Crippen LogP contribution in [0.1, 0.15) is 18.6 Å². The molecule has 1 N–H and O–H groups in total. The van der Waals surface area contributed by atoms with E-state index in [9.17, 15) is 5.11 Å². The maximum atomic E-state index is 10.2. The monoisotopic (exact) mass is 226 g/mol. The molecule has 1 saturated heterocycles. The van der Waals surface area contributed by atoms with Crippen molar-refractivity contribution in [3.05, 3.63) is 35.9 Å². The van der Waals surface area contributed by atoms with Gasteiger partial charge in [0.2, 0.25) is 0 Å². The second-order valence-electron chi connectivity index (χ2n) is 3.53. The van der Waals surface area contributed by atoms with Gasteiger partial charge < -0.3 is 5.11 Å². The summed E-state index contributed by atoms with van der Waals surface area (Å²) in [6, 6.07) is 9.93. The Hall–Kier alpha value is -0.120. The molecule has 1 atom stereocenters. The highest BCUT2D eigenvalue weighted by molar-refractivity contribution is 8.21. The summed E-state index contributed by atoms with van der Waals surface area (Å²) in [5, 5.41) is 10.2. The van der Waals surface area contributed by atoms with E-state index in [1.165, 1.54) is 0 Å². The molecule has 76 valence electrons. The molecule has 1 nitrogen and oxygen atoms in total. The first-order valence-corrected chi connectivity index (χ1v) is 6.70. The van der Waals surface area contributed by atoms with Crippen molar-refractivity contribution in [2.24, 2.45) is 0 Å². The molecule has 0 saturated carbocycles. The van der Waals surface area contributed by atoms with Gasteiger partial charge in [0.15, 0.2) is 0 Å². The van der Waals surface area contributed by atoms with Crippen molar-refractivity contribution in [2.45, 2.75) is 17.1 Å². The van der Waals surface area contributed by atoms with Crippen LogP contribution in [0.15, 0.2) is 30.3 Å². The Bertz CT molecular complexity index is 293. The second-order valence-corrected chi connectivity index (χ2v) is 6.87. The van der Waals surface area contributed by atoms with Gasteiger partial charge in [-0.2, -0.15) is 0 Å². The van der Waals surface area contributed by atoms with Crippen LogP contribution in [0.2, 0.25) is 0 Å². The van der Waals surface area contributed by atoms with Crippen LogP contribution >= 0.6 is 23.5 Å². The third-order valence-electron chi connectivity index (χ3n) is 2.47. The molecule has 2 rings (SSSR count). The van der Waals surface area contributed by atoms with Gasteiger partial charge in [-0.1, -0.05) is 30.3 Å². The van der Waals surface area contributed by atoms with Crippen LogP contribution in [0.4, 0.5) is 0 Å². The lowest BCUT2D eigenvalue weighted by Crippen LogP contribution is -2.22. The SMILES string of the molecule is CC1(C(O)c2ccccc2)SCCS1. The summed E-state index contributed by atoms with van der Waals surface area (Å²) in [4.78, 5) is 0. The van der Waals surface area contributed by atoms with E-state index in [2.05, 4.69) is 6.92 Å². The Kier molecular flexibility index (Phi) is 3.10. The molecule has 0 amide bonds. The molecule has 0 aromatic heterocycles. The van der Waals surface area contributed by atoms with Crippen molar-refractivity contribution >= 4 is 23.5 Å². The zero-order valence-electron chi connectivity index (χ0n) is 8.14. The van der Waals surface area contributed by atoms with Crippen molar-refractivity contribution < 1.29 is 5.11 Å². The van der Waals surface area contributed by atoms with Gasteiger partial charge in [-0.15, -0.1) is 23.5 Å². The average Bonchev–Trinajstić information content (AvgIpc) is 2.67. The number of benzene rings is 1. The minimum Gasteiger partial charge on any atom is -0.386 e. The van der Waals surface area contributed by atoms with Gasteiger partial charge in [-0.3, -0.25) is 0 Å². The average molecular weight is 226 g/mol. The van der Waals surface area contributed by atoms with Gasteiger partial charge in [0.25, 0.3) is 0 Å². The van der Waals surface area contributed by atoms with E-state index in [1.807, 2.05) is 53.9 Å². The number of hydrogen-bond acceptors (Lipinski definition) is 3. The lowest BCUT2D eigenvalue weighted by molar-refractivity contribution is 0.170. The molecule has 0 aliphatic carbocycles. The minimum atomic E-state index is -0.360. The van der Waals surface area contributed by atoms with Crippen molar-refractivity contribution in [1.82, 2.24) is 0 Å². The van der Waals surface area contributed by atoms with Gasteiger partial charge in [-0.05, 0) is 12.5 Å². The molecular weight excluding hydrogens is 212 g/mol. The molecule has 14 heavy (non-hydrogen) atoms. The van der Waals surface area contributed by atoms with E-state index >= 15 is 0 Å². The smallest absolute Gasteiger partial charge is 0.102 e. The van der Waals surface area contributed by atoms with Crippen LogP contribution in [-0.2, 0) is 0 Å². The van der Waals surface area contributed by atoms with Gasteiger partial charge >= 0.3 is 0 Å². The number of rotatable bonds is 2. The summed E-state index contributed by atoms with van der Waals surface area (Å²) in [5.74, 6) is 2.29. The molecule has 1 fully saturated rings. The maximum Gasteiger partial charge on any atom is 0.102 e. The Morgan fingerprint density at radius 2 is 1.79 bits per heavy atom. The molecule has 1 aromatic carbocycles. The van der Waals surface area contributed by atoms with E-state index in [4.69, 9.17) is 0 Å². The largest absolute Gasteiger partial charge is 0.386 e. The predicted octanol–water partition coefficient (Wildman–Crippen LogP) is 2.92. The normalized spacial score (nSPS) is 22.1. The maximum absolute atomic E-state index is 10.2. The summed E-state index contributed by atoms with van der Waals surface area (Å²) in [6.07, 6.45) is -0.360. The summed E-state index contributed by atoms with van der Waals surface area (Å²) in [6.45, 7) is 2.13. The summed E-state index contributed by atoms with van der Waals surface area (Å²) in [5.41, 5.74) is 1.02. The van der Waals surface area contributed by atoms with Crippen LogP contribution < -0.4 is 0 Å². The highest BCUT2D eigenvalue weighted by Gasteiger charge is 2.38. The topological polar surface area (TPSA) is 20.2 Å². The third kappa shape index (κ3) is 1.95. The van der Waals surface area contributed by atoms with Crippen LogP contribution in [0.5, 0.6) is 0 Å². The molecule has 0 radical (unpaired) electrons. The summed E-state index contributed by atoms with van der Waals surface area (Å²) < 4.78 is -0.0542. The van der Waals surface area contributed by atoms with E-state index in [-0.39, 0.29) is 10.2 Å². The number of aliphatic hydroxyl groups is 1. The van der Waals surface area contributed by atoms with Crippen molar-refractivity contribution in [1.29, 1.82) is 0 Å². The zero-order valence-corrected chi connectivity index (χ0v) is 9.78. The fourth-order valence-corrected chi connectivity index (χ4v) is 4.52. The van der Waals surface area contributed by atoms with Crippen LogP contribution in [0, 0.1) is 0 Å². The molecule has 0 spiro atoms. The fraction of sp³-hybridized carbons (Fsp3) is 0.455. The molecule has 3 heteroatoms. The van der Waals surface area contributed by atoms with E-state index < -0.39 is 0 Å². The standard InChI is InChI=1S/C11H14OS2/c1-11(13-7-8-14-11)10(12)9-5-3-2-4-6-9/h2-6,10,12H,7-8H2,1H3. The first-order chi connectivity index (χ1) is 6.72. The van der Waals surface area contributed by atoms with Crippen molar-refractivity contribution in [2.75, 3.05) is 11.5 Å². The lowest BCUT2D eigenvalue weighted by Gasteiger charge is -2.28. The molecular formula is C11H14OS2. The Labute approximate surface area is 93.3 Å². The molecule has 1 aliphatic rings. The Balaban J connectivity index is 2.19. The summed E-state index contributed by atoms with van der Waals surface area (Å²) in [7, 11) is 0. The van der Waals surface area contributed by atoms with Crippen LogP contribution in [0.3, 0.4) is 0 Å². The van der Waals surface area contributed by atoms with Crippen molar-refractivity contribution in [3.8, 4) is 0 Å². The molecule has 0 bridgehead atoms. The second kappa shape index (κ2) is 4.17. The lowest BCUT2D eigenvalue weighted by atomic mass is 10.1. The van der Waals surface area contributed by atoms with Gasteiger partial charge in [-0.25, -0.2) is 0 Å².